The number of carbonyl (C=O) groups is 1. The molecule has 0 radical (unpaired) electrons. The molecule has 100 valence electrons. The summed E-state index contributed by atoms with van der Waals surface area (Å²) in [4.78, 5) is 11.7. The van der Waals surface area contributed by atoms with Gasteiger partial charge >= 0.3 is 0 Å². The van der Waals surface area contributed by atoms with Crippen molar-refractivity contribution in [1.29, 1.82) is 0 Å². The van der Waals surface area contributed by atoms with Crippen LogP contribution in [0.4, 0.5) is 0 Å². The fraction of sp³-hybridized carbons (Fsp3) is 0.583. The summed E-state index contributed by atoms with van der Waals surface area (Å²) in [6, 6.07) is 1.75. The number of alkyl halides is 1. The Balaban J connectivity index is 2.41. The lowest BCUT2D eigenvalue weighted by Crippen LogP contribution is -2.14. The zero-order valence-corrected chi connectivity index (χ0v) is 12.0. The first-order valence-electron chi connectivity index (χ1n) is 5.83. The zero-order chi connectivity index (χ0) is 13.5. The lowest BCUT2D eigenvalue weighted by molar-refractivity contribution is 0.102. The Labute approximate surface area is 112 Å². The van der Waals surface area contributed by atoms with Crippen molar-refractivity contribution >= 4 is 27.2 Å². The summed E-state index contributed by atoms with van der Waals surface area (Å²) in [5, 5.41) is 0. The largest absolute Gasteiger partial charge is 0.344 e. The third kappa shape index (κ3) is 2.34. The number of rotatable bonds is 3. The van der Waals surface area contributed by atoms with Crippen LogP contribution in [0.3, 0.4) is 0 Å². The molecule has 6 heteroatoms. The molecule has 0 aliphatic carbocycles. The molecule has 0 N–H and O–H groups in total. The molecular weight excluding hydrogens is 274 g/mol. The van der Waals surface area contributed by atoms with Crippen LogP contribution in [-0.4, -0.2) is 36.2 Å². The number of halogens is 1. The summed E-state index contributed by atoms with van der Waals surface area (Å²) in [7, 11) is -2.93. The monoisotopic (exact) mass is 289 g/mol. The van der Waals surface area contributed by atoms with E-state index in [-0.39, 0.29) is 29.2 Å². The first kappa shape index (κ1) is 13.6. The smallest absolute Gasteiger partial charge is 0.179 e. The minimum Gasteiger partial charge on any atom is -0.344 e. The number of sulfone groups is 1. The maximum atomic E-state index is 11.7. The molecule has 1 unspecified atom stereocenters. The summed E-state index contributed by atoms with van der Waals surface area (Å²) < 4.78 is 25.0. The number of aryl methyl sites for hydroxylation is 1. The van der Waals surface area contributed by atoms with E-state index in [2.05, 4.69) is 0 Å². The number of hydrogen-bond donors (Lipinski definition) is 0. The molecule has 1 aliphatic rings. The highest BCUT2D eigenvalue weighted by Gasteiger charge is 2.31. The summed E-state index contributed by atoms with van der Waals surface area (Å²) in [6.45, 7) is 3.74. The first-order chi connectivity index (χ1) is 8.35. The molecule has 1 aromatic heterocycles. The van der Waals surface area contributed by atoms with Gasteiger partial charge in [-0.1, -0.05) is 0 Å². The van der Waals surface area contributed by atoms with Gasteiger partial charge in [-0.25, -0.2) is 8.42 Å². The highest BCUT2D eigenvalue weighted by Crippen LogP contribution is 2.29. The molecule has 1 aliphatic heterocycles. The molecular formula is C12H16ClNO3S. The Hall–Kier alpha value is -0.810. The Morgan fingerprint density at radius 2 is 2.17 bits per heavy atom. The summed E-state index contributed by atoms with van der Waals surface area (Å²) in [5.41, 5.74) is 2.34. The number of carbonyl (C=O) groups excluding carboxylic acids is 1. The van der Waals surface area contributed by atoms with Crippen LogP contribution in [0.25, 0.3) is 0 Å². The van der Waals surface area contributed by atoms with Gasteiger partial charge < -0.3 is 4.57 Å². The van der Waals surface area contributed by atoms with Gasteiger partial charge in [-0.05, 0) is 26.3 Å². The molecule has 1 atom stereocenters. The van der Waals surface area contributed by atoms with Crippen LogP contribution in [-0.2, 0) is 9.84 Å². The minimum atomic E-state index is -2.93. The third-order valence-corrected chi connectivity index (χ3v) is 5.47. The SMILES string of the molecule is Cc1cc(C(=O)CCl)c(C)n1C1CCS(=O)(=O)C1. The van der Waals surface area contributed by atoms with Crippen molar-refractivity contribution in [3.8, 4) is 0 Å². The number of aromatic nitrogens is 1. The lowest BCUT2D eigenvalue weighted by Gasteiger charge is -2.16. The zero-order valence-electron chi connectivity index (χ0n) is 10.4. The van der Waals surface area contributed by atoms with E-state index in [0.717, 1.165) is 11.4 Å². The van der Waals surface area contributed by atoms with Crippen molar-refractivity contribution in [3.63, 3.8) is 0 Å². The Bertz CT molecular complexity index is 589. The molecule has 0 spiro atoms. The van der Waals surface area contributed by atoms with E-state index in [9.17, 15) is 13.2 Å². The van der Waals surface area contributed by atoms with Crippen LogP contribution in [0.5, 0.6) is 0 Å². The van der Waals surface area contributed by atoms with E-state index in [1.54, 1.807) is 6.07 Å². The third-order valence-electron chi connectivity index (χ3n) is 3.48. The predicted octanol–water partition coefficient (Wildman–Crippen LogP) is 1.89. The van der Waals surface area contributed by atoms with Gasteiger partial charge in [-0.3, -0.25) is 4.79 Å². The van der Waals surface area contributed by atoms with Crippen molar-refractivity contribution in [2.45, 2.75) is 26.3 Å². The van der Waals surface area contributed by atoms with Gasteiger partial charge in [-0.2, -0.15) is 0 Å². The van der Waals surface area contributed by atoms with Crippen LogP contribution in [0.15, 0.2) is 6.07 Å². The van der Waals surface area contributed by atoms with E-state index in [4.69, 9.17) is 11.6 Å². The van der Waals surface area contributed by atoms with Gasteiger partial charge in [0.05, 0.1) is 17.4 Å². The molecule has 0 aromatic carbocycles. The maximum absolute atomic E-state index is 11.7. The van der Waals surface area contributed by atoms with Crippen molar-refractivity contribution < 1.29 is 13.2 Å². The van der Waals surface area contributed by atoms with E-state index in [1.807, 2.05) is 18.4 Å². The minimum absolute atomic E-state index is 0.0484. The summed E-state index contributed by atoms with van der Waals surface area (Å²) in [5.74, 6) is 0.232. The normalized spacial score (nSPS) is 22.3. The molecule has 2 rings (SSSR count). The van der Waals surface area contributed by atoms with Crippen molar-refractivity contribution in [1.82, 2.24) is 4.57 Å². The van der Waals surface area contributed by atoms with Crippen molar-refractivity contribution in [2.75, 3.05) is 17.4 Å². The number of Topliss-reactive ketones (excluding diaryl/α,β-unsaturated/α-hetero) is 1. The molecule has 1 saturated heterocycles. The molecule has 1 aromatic rings. The number of ketones is 1. The van der Waals surface area contributed by atoms with Crippen LogP contribution in [0.2, 0.25) is 0 Å². The Morgan fingerprint density at radius 3 is 2.67 bits per heavy atom. The van der Waals surface area contributed by atoms with Crippen molar-refractivity contribution in [3.05, 3.63) is 23.0 Å². The molecule has 4 nitrogen and oxygen atoms in total. The fourth-order valence-electron chi connectivity index (χ4n) is 2.67. The molecule has 0 amide bonds. The topological polar surface area (TPSA) is 56.1 Å². The molecule has 1 fully saturated rings. The molecule has 0 bridgehead atoms. The maximum Gasteiger partial charge on any atom is 0.179 e. The van der Waals surface area contributed by atoms with E-state index < -0.39 is 9.84 Å². The second kappa shape index (κ2) is 4.70. The first-order valence-corrected chi connectivity index (χ1v) is 8.19. The quantitative estimate of drug-likeness (QED) is 0.631. The standard InChI is InChI=1S/C12H16ClNO3S/c1-8-5-11(12(15)6-13)9(2)14(8)10-3-4-18(16,17)7-10/h5,10H,3-4,6-7H2,1-2H3. The van der Waals surface area contributed by atoms with Gasteiger partial charge in [0.15, 0.2) is 15.6 Å². The van der Waals surface area contributed by atoms with Gasteiger partial charge in [0.25, 0.3) is 0 Å². The van der Waals surface area contributed by atoms with Crippen LogP contribution >= 0.6 is 11.6 Å². The van der Waals surface area contributed by atoms with Gasteiger partial charge in [0, 0.05) is 23.0 Å². The van der Waals surface area contributed by atoms with E-state index >= 15 is 0 Å². The van der Waals surface area contributed by atoms with Crippen LogP contribution in [0.1, 0.15) is 34.2 Å². The average molecular weight is 290 g/mol. The summed E-state index contributed by atoms with van der Waals surface area (Å²) >= 11 is 5.57. The van der Waals surface area contributed by atoms with Crippen LogP contribution in [0, 0.1) is 13.8 Å². The van der Waals surface area contributed by atoms with Gasteiger partial charge in [-0.15, -0.1) is 11.6 Å². The number of hydrogen-bond acceptors (Lipinski definition) is 3. The van der Waals surface area contributed by atoms with E-state index in [0.29, 0.717) is 12.0 Å². The highest BCUT2D eigenvalue weighted by atomic mass is 35.5. The van der Waals surface area contributed by atoms with Gasteiger partial charge in [0.2, 0.25) is 0 Å². The van der Waals surface area contributed by atoms with E-state index in [1.165, 1.54) is 0 Å². The highest BCUT2D eigenvalue weighted by molar-refractivity contribution is 7.91. The van der Waals surface area contributed by atoms with Crippen molar-refractivity contribution in [2.24, 2.45) is 0 Å². The van der Waals surface area contributed by atoms with Gasteiger partial charge in [0.1, 0.15) is 0 Å². The lowest BCUT2D eigenvalue weighted by atomic mass is 10.2. The number of nitrogens with zero attached hydrogens (tertiary/aromatic N) is 1. The fourth-order valence-corrected chi connectivity index (χ4v) is 4.52. The molecule has 18 heavy (non-hydrogen) atoms. The molecule has 2 heterocycles. The molecule has 0 saturated carbocycles. The average Bonchev–Trinajstić information content (AvgIpc) is 2.78. The Kier molecular flexibility index (Phi) is 3.56. The second-order valence-corrected chi connectivity index (χ2v) is 7.26. The Morgan fingerprint density at radius 1 is 1.50 bits per heavy atom. The van der Waals surface area contributed by atoms with Crippen LogP contribution < -0.4 is 0 Å². The summed E-state index contributed by atoms with van der Waals surface area (Å²) in [6.07, 6.45) is 0.618. The second-order valence-electron chi connectivity index (χ2n) is 4.77. The predicted molar refractivity (Wildman–Crippen MR) is 71.3 cm³/mol.